The number of halogens is 3. The van der Waals surface area contributed by atoms with Crippen LogP contribution < -0.4 is 4.74 Å². The fourth-order valence-electron chi connectivity index (χ4n) is 0.883. The molecule has 0 unspecified atom stereocenters. The third-order valence-electron chi connectivity index (χ3n) is 1.60. The molecule has 0 aliphatic heterocycles. The Hall–Kier alpha value is 0.0800. The molecule has 0 radical (unpaired) electrons. The summed E-state index contributed by atoms with van der Waals surface area (Å²) < 4.78 is 5.70. The van der Waals surface area contributed by atoms with Crippen LogP contribution in [0.2, 0.25) is 10.0 Å². The Morgan fingerprint density at radius 3 is 2.50 bits per heavy atom. The molecular weight excluding hydrogens is 287 g/mol. The Morgan fingerprint density at radius 1 is 1.36 bits per heavy atom. The van der Waals surface area contributed by atoms with Crippen molar-refractivity contribution < 1.29 is 4.74 Å². The molecule has 0 N–H and O–H groups in total. The predicted octanol–water partition coefficient (Wildman–Crippen LogP) is 4.55. The van der Waals surface area contributed by atoms with E-state index in [1.54, 1.807) is 18.2 Å². The minimum absolute atomic E-state index is 0.280. The van der Waals surface area contributed by atoms with Gasteiger partial charge in [0, 0.05) is 10.4 Å². The molecule has 0 spiro atoms. The summed E-state index contributed by atoms with van der Waals surface area (Å²) in [5, 5.41) is 1.88. The zero-order chi connectivity index (χ0) is 10.8. The molecular formula is C10H11BrCl2O. The first-order valence-electron chi connectivity index (χ1n) is 4.15. The van der Waals surface area contributed by atoms with Gasteiger partial charge >= 0.3 is 0 Å². The van der Waals surface area contributed by atoms with Gasteiger partial charge < -0.3 is 4.74 Å². The standard InChI is InChI=1S/C10H11BrCl2O/c1-10(2,6-11)14-9-4-3-7(12)5-8(9)13/h3-5H,6H2,1-2H3. The van der Waals surface area contributed by atoms with Gasteiger partial charge in [0.2, 0.25) is 0 Å². The summed E-state index contributed by atoms with van der Waals surface area (Å²) in [6, 6.07) is 5.20. The smallest absolute Gasteiger partial charge is 0.138 e. The zero-order valence-corrected chi connectivity index (χ0v) is 11.1. The van der Waals surface area contributed by atoms with Crippen molar-refractivity contribution in [2.75, 3.05) is 5.33 Å². The summed E-state index contributed by atoms with van der Waals surface area (Å²) in [4.78, 5) is 0. The Bertz CT molecular complexity index is 326. The van der Waals surface area contributed by atoms with Crippen molar-refractivity contribution >= 4 is 39.1 Å². The third kappa shape index (κ3) is 3.34. The van der Waals surface area contributed by atoms with Crippen molar-refractivity contribution in [3.8, 4) is 5.75 Å². The first kappa shape index (κ1) is 12.2. The Balaban J connectivity index is 2.87. The first-order valence-corrected chi connectivity index (χ1v) is 6.02. The summed E-state index contributed by atoms with van der Waals surface area (Å²) in [7, 11) is 0. The van der Waals surface area contributed by atoms with Crippen LogP contribution in [0.15, 0.2) is 18.2 Å². The molecule has 0 fully saturated rings. The van der Waals surface area contributed by atoms with E-state index in [2.05, 4.69) is 15.9 Å². The van der Waals surface area contributed by atoms with Crippen molar-refractivity contribution in [1.29, 1.82) is 0 Å². The van der Waals surface area contributed by atoms with Gasteiger partial charge in [0.1, 0.15) is 11.4 Å². The van der Waals surface area contributed by atoms with Crippen LogP contribution in [0.4, 0.5) is 0 Å². The molecule has 0 aromatic heterocycles. The van der Waals surface area contributed by atoms with Gasteiger partial charge in [0.15, 0.2) is 0 Å². The van der Waals surface area contributed by atoms with Crippen LogP contribution in [0, 0.1) is 0 Å². The second-order valence-electron chi connectivity index (χ2n) is 3.57. The summed E-state index contributed by atoms with van der Waals surface area (Å²) in [6.45, 7) is 3.96. The van der Waals surface area contributed by atoms with E-state index in [1.807, 2.05) is 13.8 Å². The average molecular weight is 298 g/mol. The molecule has 0 saturated carbocycles. The third-order valence-corrected chi connectivity index (χ3v) is 3.48. The van der Waals surface area contributed by atoms with Crippen LogP contribution >= 0.6 is 39.1 Å². The molecule has 4 heteroatoms. The van der Waals surface area contributed by atoms with Gasteiger partial charge in [0.25, 0.3) is 0 Å². The van der Waals surface area contributed by atoms with E-state index in [9.17, 15) is 0 Å². The molecule has 78 valence electrons. The number of benzene rings is 1. The van der Waals surface area contributed by atoms with Crippen LogP contribution in [0.1, 0.15) is 13.8 Å². The predicted molar refractivity (Wildman–Crippen MR) is 65.0 cm³/mol. The molecule has 1 aromatic rings. The molecule has 0 aliphatic rings. The first-order chi connectivity index (χ1) is 6.44. The van der Waals surface area contributed by atoms with Gasteiger partial charge in [0.05, 0.1) is 5.02 Å². The number of hydrogen-bond acceptors (Lipinski definition) is 1. The average Bonchev–Trinajstić information content (AvgIpc) is 2.10. The molecule has 0 atom stereocenters. The lowest BCUT2D eigenvalue weighted by molar-refractivity contribution is 0.137. The maximum Gasteiger partial charge on any atom is 0.138 e. The lowest BCUT2D eigenvalue weighted by atomic mass is 10.2. The summed E-state index contributed by atoms with van der Waals surface area (Å²) in [6.07, 6.45) is 0. The Labute approximate surface area is 102 Å². The summed E-state index contributed by atoms with van der Waals surface area (Å²) in [5.74, 6) is 0.653. The molecule has 0 bridgehead atoms. The maximum absolute atomic E-state index is 5.97. The molecule has 0 saturated heterocycles. The van der Waals surface area contributed by atoms with Crippen LogP contribution in [-0.2, 0) is 0 Å². The van der Waals surface area contributed by atoms with E-state index in [-0.39, 0.29) is 5.60 Å². The van der Waals surface area contributed by atoms with E-state index < -0.39 is 0 Å². The van der Waals surface area contributed by atoms with Gasteiger partial charge in [-0.1, -0.05) is 39.1 Å². The van der Waals surface area contributed by atoms with Crippen LogP contribution in [0.25, 0.3) is 0 Å². The topological polar surface area (TPSA) is 9.23 Å². The normalized spacial score (nSPS) is 11.5. The second-order valence-corrected chi connectivity index (χ2v) is 4.97. The van der Waals surface area contributed by atoms with E-state index in [4.69, 9.17) is 27.9 Å². The number of rotatable bonds is 3. The molecule has 0 aliphatic carbocycles. The highest BCUT2D eigenvalue weighted by atomic mass is 79.9. The second kappa shape index (κ2) is 4.73. The SMILES string of the molecule is CC(C)(CBr)Oc1ccc(Cl)cc1Cl. The fourth-order valence-corrected chi connectivity index (χ4v) is 1.44. The Morgan fingerprint density at radius 2 is 2.00 bits per heavy atom. The fraction of sp³-hybridized carbons (Fsp3) is 0.400. The number of hydrogen-bond donors (Lipinski definition) is 0. The highest BCUT2D eigenvalue weighted by molar-refractivity contribution is 9.09. The van der Waals surface area contributed by atoms with Gasteiger partial charge in [-0.2, -0.15) is 0 Å². The van der Waals surface area contributed by atoms with Crippen molar-refractivity contribution in [2.45, 2.75) is 19.4 Å². The monoisotopic (exact) mass is 296 g/mol. The molecule has 14 heavy (non-hydrogen) atoms. The van der Waals surface area contributed by atoms with Crippen molar-refractivity contribution in [2.24, 2.45) is 0 Å². The molecule has 1 aromatic carbocycles. The minimum atomic E-state index is -0.280. The summed E-state index contributed by atoms with van der Waals surface area (Å²) in [5.41, 5.74) is -0.280. The molecule has 0 amide bonds. The maximum atomic E-state index is 5.97. The highest BCUT2D eigenvalue weighted by Gasteiger charge is 2.19. The highest BCUT2D eigenvalue weighted by Crippen LogP contribution is 2.30. The number of alkyl halides is 1. The van der Waals surface area contributed by atoms with Crippen LogP contribution in [0.3, 0.4) is 0 Å². The quantitative estimate of drug-likeness (QED) is 0.744. The van der Waals surface area contributed by atoms with Crippen molar-refractivity contribution in [3.63, 3.8) is 0 Å². The molecule has 0 heterocycles. The summed E-state index contributed by atoms with van der Waals surface area (Å²) >= 11 is 15.1. The van der Waals surface area contributed by atoms with Crippen LogP contribution in [-0.4, -0.2) is 10.9 Å². The van der Waals surface area contributed by atoms with Gasteiger partial charge in [-0.15, -0.1) is 0 Å². The Kier molecular flexibility index (Phi) is 4.11. The van der Waals surface area contributed by atoms with Gasteiger partial charge in [-0.25, -0.2) is 0 Å². The van der Waals surface area contributed by atoms with Crippen molar-refractivity contribution in [1.82, 2.24) is 0 Å². The van der Waals surface area contributed by atoms with Gasteiger partial charge in [-0.3, -0.25) is 0 Å². The van der Waals surface area contributed by atoms with E-state index in [0.717, 1.165) is 5.33 Å². The largest absolute Gasteiger partial charge is 0.485 e. The molecule has 1 nitrogen and oxygen atoms in total. The lowest BCUT2D eigenvalue weighted by Crippen LogP contribution is -2.29. The van der Waals surface area contributed by atoms with E-state index in [0.29, 0.717) is 15.8 Å². The van der Waals surface area contributed by atoms with E-state index >= 15 is 0 Å². The zero-order valence-electron chi connectivity index (χ0n) is 7.98. The van der Waals surface area contributed by atoms with Crippen LogP contribution in [0.5, 0.6) is 5.75 Å². The molecule has 1 rings (SSSR count). The van der Waals surface area contributed by atoms with Gasteiger partial charge in [-0.05, 0) is 32.0 Å². The minimum Gasteiger partial charge on any atom is -0.485 e. The lowest BCUT2D eigenvalue weighted by Gasteiger charge is -2.24. The van der Waals surface area contributed by atoms with Crippen molar-refractivity contribution in [3.05, 3.63) is 28.2 Å². The van der Waals surface area contributed by atoms with E-state index in [1.165, 1.54) is 0 Å². The number of ether oxygens (including phenoxy) is 1.